The summed E-state index contributed by atoms with van der Waals surface area (Å²) in [5, 5.41) is 6.52. The second-order valence-corrected chi connectivity index (χ2v) is 7.33. The van der Waals surface area contributed by atoms with Crippen LogP contribution in [0.15, 0.2) is 79.1 Å². The molecule has 0 aliphatic rings. The summed E-state index contributed by atoms with van der Waals surface area (Å²) < 4.78 is 1.97. The number of hydrogen-bond donors (Lipinski definition) is 2. The highest BCUT2D eigenvalue weighted by molar-refractivity contribution is 6.08. The lowest BCUT2D eigenvalue weighted by molar-refractivity contribution is 0.0954. The number of pyridine rings is 1. The minimum atomic E-state index is -0.220. The first-order chi connectivity index (χ1) is 15.2. The van der Waals surface area contributed by atoms with Crippen molar-refractivity contribution in [1.29, 1.82) is 0 Å². The quantitative estimate of drug-likeness (QED) is 0.470. The Balaban J connectivity index is 1.69. The van der Waals surface area contributed by atoms with Gasteiger partial charge < -0.3 is 15.2 Å². The predicted octanol–water partition coefficient (Wildman–Crippen LogP) is 4.48. The highest BCUT2D eigenvalue weighted by atomic mass is 16.2. The van der Waals surface area contributed by atoms with Crippen LogP contribution >= 0.6 is 0 Å². The Morgan fingerprint density at radius 2 is 1.68 bits per heavy atom. The molecular formula is C25H24N4O2. The molecule has 0 aliphatic carbocycles. The third kappa shape index (κ3) is 4.64. The summed E-state index contributed by atoms with van der Waals surface area (Å²) in [5.74, 6) is -0.366. The van der Waals surface area contributed by atoms with E-state index < -0.39 is 0 Å². The van der Waals surface area contributed by atoms with Crippen LogP contribution in [0, 0.1) is 0 Å². The molecule has 0 atom stereocenters. The number of nitrogens with one attached hydrogen (secondary N) is 2. The van der Waals surface area contributed by atoms with Crippen LogP contribution in [0.2, 0.25) is 0 Å². The first kappa shape index (κ1) is 20.3. The maximum Gasteiger partial charge on any atom is 0.255 e. The molecule has 2 aromatic heterocycles. The number of anilines is 1. The van der Waals surface area contributed by atoms with Crippen LogP contribution in [0.3, 0.4) is 0 Å². The van der Waals surface area contributed by atoms with Gasteiger partial charge in [0.1, 0.15) is 5.65 Å². The molecule has 2 amide bonds. The average Bonchev–Trinajstić information content (AvgIpc) is 3.16. The zero-order chi connectivity index (χ0) is 21.6. The van der Waals surface area contributed by atoms with Gasteiger partial charge >= 0.3 is 0 Å². The van der Waals surface area contributed by atoms with Gasteiger partial charge in [-0.25, -0.2) is 4.98 Å². The van der Waals surface area contributed by atoms with Crippen molar-refractivity contribution in [2.75, 3.05) is 11.9 Å². The Hall–Kier alpha value is -3.93. The van der Waals surface area contributed by atoms with Crippen molar-refractivity contribution in [3.63, 3.8) is 0 Å². The maximum atomic E-state index is 12.8. The van der Waals surface area contributed by atoms with Crippen molar-refractivity contribution >= 4 is 28.5 Å². The fraction of sp³-hybridized carbons (Fsp3) is 0.160. The predicted molar refractivity (Wildman–Crippen MR) is 122 cm³/mol. The fourth-order valence-corrected chi connectivity index (χ4v) is 3.45. The van der Waals surface area contributed by atoms with Gasteiger partial charge in [0.05, 0.1) is 17.4 Å². The molecule has 6 heteroatoms. The third-order valence-electron chi connectivity index (χ3n) is 4.98. The van der Waals surface area contributed by atoms with Gasteiger partial charge in [0, 0.05) is 30.2 Å². The molecule has 6 nitrogen and oxygen atoms in total. The lowest BCUT2D eigenvalue weighted by atomic mass is 10.2. The molecule has 0 bridgehead atoms. The summed E-state index contributed by atoms with van der Waals surface area (Å²) in [5.41, 5.74) is 3.46. The van der Waals surface area contributed by atoms with Crippen LogP contribution in [-0.4, -0.2) is 27.9 Å². The highest BCUT2D eigenvalue weighted by Gasteiger charge is 2.17. The van der Waals surface area contributed by atoms with Crippen LogP contribution in [0.4, 0.5) is 5.69 Å². The number of carbonyl (C=O) groups is 2. The number of aromatic nitrogens is 2. The normalized spacial score (nSPS) is 10.7. The van der Waals surface area contributed by atoms with E-state index in [0.717, 1.165) is 12.0 Å². The van der Waals surface area contributed by atoms with Gasteiger partial charge in [-0.3, -0.25) is 9.59 Å². The van der Waals surface area contributed by atoms with Gasteiger partial charge in [-0.05, 0) is 30.2 Å². The molecule has 4 rings (SSSR count). The van der Waals surface area contributed by atoms with Crippen LogP contribution in [0.25, 0.3) is 11.0 Å². The van der Waals surface area contributed by atoms with Gasteiger partial charge in [-0.15, -0.1) is 0 Å². The van der Waals surface area contributed by atoms with E-state index in [4.69, 9.17) is 0 Å². The minimum Gasteiger partial charge on any atom is -0.352 e. The second-order valence-electron chi connectivity index (χ2n) is 7.33. The van der Waals surface area contributed by atoms with Crippen LogP contribution < -0.4 is 10.6 Å². The molecule has 0 fully saturated rings. The van der Waals surface area contributed by atoms with Crippen molar-refractivity contribution in [2.45, 2.75) is 19.9 Å². The van der Waals surface area contributed by atoms with Gasteiger partial charge in [0.15, 0.2) is 0 Å². The van der Waals surface area contributed by atoms with E-state index in [0.29, 0.717) is 40.9 Å². The number of rotatable bonds is 7. The summed E-state index contributed by atoms with van der Waals surface area (Å²) in [4.78, 5) is 29.9. The third-order valence-corrected chi connectivity index (χ3v) is 4.98. The van der Waals surface area contributed by atoms with E-state index in [9.17, 15) is 9.59 Å². The summed E-state index contributed by atoms with van der Waals surface area (Å²) >= 11 is 0. The SMILES string of the molecule is CCCNC(=O)c1cn(Cc2ccccc2)c2ncc(NC(=O)c3ccccc3)cc12. The Morgan fingerprint density at radius 1 is 0.968 bits per heavy atom. The zero-order valence-corrected chi connectivity index (χ0v) is 17.3. The largest absolute Gasteiger partial charge is 0.352 e. The van der Waals surface area contributed by atoms with Crippen LogP contribution in [0.1, 0.15) is 39.6 Å². The molecular weight excluding hydrogens is 388 g/mol. The monoisotopic (exact) mass is 412 g/mol. The smallest absolute Gasteiger partial charge is 0.255 e. The number of carbonyl (C=O) groups excluding carboxylic acids is 2. The molecule has 2 heterocycles. The van der Waals surface area contributed by atoms with Gasteiger partial charge in [-0.1, -0.05) is 55.5 Å². The van der Waals surface area contributed by atoms with E-state index in [1.807, 2.05) is 72.3 Å². The maximum absolute atomic E-state index is 12.8. The second kappa shape index (κ2) is 9.26. The summed E-state index contributed by atoms with van der Waals surface area (Å²) in [6.45, 7) is 3.21. The number of amides is 2. The Kier molecular flexibility index (Phi) is 6.08. The van der Waals surface area contributed by atoms with Crippen molar-refractivity contribution < 1.29 is 9.59 Å². The molecule has 2 N–H and O–H groups in total. The molecule has 31 heavy (non-hydrogen) atoms. The van der Waals surface area contributed by atoms with Crippen molar-refractivity contribution in [1.82, 2.24) is 14.9 Å². The summed E-state index contributed by atoms with van der Waals surface area (Å²) in [7, 11) is 0. The zero-order valence-electron chi connectivity index (χ0n) is 17.3. The average molecular weight is 412 g/mol. The van der Waals surface area contributed by atoms with E-state index in [1.165, 1.54) is 0 Å². The number of hydrogen-bond acceptors (Lipinski definition) is 3. The fourth-order valence-electron chi connectivity index (χ4n) is 3.45. The molecule has 0 aliphatic heterocycles. The summed E-state index contributed by atoms with van der Waals surface area (Å²) in [6.07, 6.45) is 4.31. The number of fused-ring (bicyclic) bond motifs is 1. The molecule has 0 saturated carbocycles. The summed E-state index contributed by atoms with van der Waals surface area (Å²) in [6, 6.07) is 20.8. The van der Waals surface area contributed by atoms with Crippen LogP contribution in [-0.2, 0) is 6.54 Å². The molecule has 0 radical (unpaired) electrons. The minimum absolute atomic E-state index is 0.146. The van der Waals surface area contributed by atoms with E-state index in [-0.39, 0.29) is 11.8 Å². The van der Waals surface area contributed by atoms with Crippen molar-refractivity contribution in [3.8, 4) is 0 Å². The first-order valence-corrected chi connectivity index (χ1v) is 10.3. The Morgan fingerprint density at radius 3 is 2.39 bits per heavy atom. The van der Waals surface area contributed by atoms with Gasteiger partial charge in [0.25, 0.3) is 11.8 Å². The Labute approximate surface area is 180 Å². The topological polar surface area (TPSA) is 76.0 Å². The molecule has 4 aromatic rings. The van der Waals surface area contributed by atoms with Crippen LogP contribution in [0.5, 0.6) is 0 Å². The molecule has 0 saturated heterocycles. The number of nitrogens with zero attached hydrogens (tertiary/aromatic N) is 2. The van der Waals surface area contributed by atoms with Crippen molar-refractivity contribution in [2.24, 2.45) is 0 Å². The van der Waals surface area contributed by atoms with E-state index in [2.05, 4.69) is 15.6 Å². The van der Waals surface area contributed by atoms with Gasteiger partial charge in [-0.2, -0.15) is 0 Å². The highest BCUT2D eigenvalue weighted by Crippen LogP contribution is 2.24. The molecule has 0 spiro atoms. The lowest BCUT2D eigenvalue weighted by Crippen LogP contribution is -2.23. The molecule has 156 valence electrons. The molecule has 0 unspecified atom stereocenters. The lowest BCUT2D eigenvalue weighted by Gasteiger charge is -2.07. The standard InChI is InChI=1S/C25H24N4O2/c1-2-13-26-25(31)22-17-29(16-18-9-5-3-6-10-18)23-21(22)14-20(15-27-23)28-24(30)19-11-7-4-8-12-19/h3-12,14-15,17H,2,13,16H2,1H3,(H,26,31)(H,28,30). The number of benzene rings is 2. The first-order valence-electron chi connectivity index (χ1n) is 10.3. The van der Waals surface area contributed by atoms with E-state index in [1.54, 1.807) is 18.3 Å². The van der Waals surface area contributed by atoms with Gasteiger partial charge in [0.2, 0.25) is 0 Å². The van der Waals surface area contributed by atoms with E-state index >= 15 is 0 Å². The molecule has 2 aromatic carbocycles. The van der Waals surface area contributed by atoms with Crippen molar-refractivity contribution in [3.05, 3.63) is 95.8 Å². The Bertz CT molecular complexity index is 1200.